The largest absolute Gasteiger partial charge is 0.369 e. The molecule has 5 heteroatoms. The smallest absolute Gasteiger partial charge is 0.199 e. The average Bonchev–Trinajstić information content (AvgIpc) is 2.90. The SMILES string of the molecule is S=c1[nH]nc(COCc2ccccc2)n1-c1ccccc1. The van der Waals surface area contributed by atoms with Crippen molar-refractivity contribution in [1.29, 1.82) is 0 Å². The Bertz CT molecular complexity index is 750. The van der Waals surface area contributed by atoms with E-state index in [-0.39, 0.29) is 0 Å². The Morgan fingerprint density at radius 1 is 0.952 bits per heavy atom. The zero-order valence-electron chi connectivity index (χ0n) is 11.4. The molecule has 2 aromatic carbocycles. The molecule has 0 aliphatic carbocycles. The standard InChI is InChI=1S/C16H15N3OS/c21-16-18-17-15(19(16)14-9-5-2-6-10-14)12-20-11-13-7-3-1-4-8-13/h1-10H,11-12H2,(H,18,21). The van der Waals surface area contributed by atoms with Crippen LogP contribution in [0.1, 0.15) is 11.4 Å². The predicted octanol–water partition coefficient (Wildman–Crippen LogP) is 3.65. The molecule has 1 heterocycles. The summed E-state index contributed by atoms with van der Waals surface area (Å²) in [5.74, 6) is 0.766. The fourth-order valence-electron chi connectivity index (χ4n) is 2.10. The van der Waals surface area contributed by atoms with Crippen LogP contribution in [-0.2, 0) is 18.0 Å². The Morgan fingerprint density at radius 3 is 2.33 bits per heavy atom. The third kappa shape index (κ3) is 3.26. The molecule has 0 atom stereocenters. The number of aromatic nitrogens is 3. The summed E-state index contributed by atoms with van der Waals surface area (Å²) in [6.07, 6.45) is 0. The molecule has 0 fully saturated rings. The molecule has 0 saturated heterocycles. The first-order chi connectivity index (χ1) is 10.3. The molecule has 0 amide bonds. The number of rotatable bonds is 5. The zero-order valence-corrected chi connectivity index (χ0v) is 12.2. The molecule has 0 aliphatic heterocycles. The molecule has 0 spiro atoms. The number of hydrogen-bond donors (Lipinski definition) is 1. The van der Waals surface area contributed by atoms with Crippen LogP contribution in [0.3, 0.4) is 0 Å². The number of aromatic amines is 1. The van der Waals surface area contributed by atoms with Crippen LogP contribution in [0.4, 0.5) is 0 Å². The molecule has 21 heavy (non-hydrogen) atoms. The number of H-pyrrole nitrogens is 1. The Morgan fingerprint density at radius 2 is 1.62 bits per heavy atom. The Kier molecular flexibility index (Phi) is 4.23. The second-order valence-corrected chi connectivity index (χ2v) is 4.98. The van der Waals surface area contributed by atoms with Gasteiger partial charge in [0, 0.05) is 5.69 Å². The van der Waals surface area contributed by atoms with Crippen LogP contribution in [0.5, 0.6) is 0 Å². The van der Waals surface area contributed by atoms with E-state index in [0.717, 1.165) is 17.1 Å². The zero-order chi connectivity index (χ0) is 14.5. The summed E-state index contributed by atoms with van der Waals surface area (Å²) >= 11 is 5.29. The van der Waals surface area contributed by atoms with Crippen molar-refractivity contribution in [3.8, 4) is 5.69 Å². The van der Waals surface area contributed by atoms with Crippen LogP contribution >= 0.6 is 12.2 Å². The third-order valence-corrected chi connectivity index (χ3v) is 3.37. The minimum Gasteiger partial charge on any atom is -0.369 e. The van der Waals surface area contributed by atoms with Gasteiger partial charge in [-0.25, -0.2) is 0 Å². The Hall–Kier alpha value is -2.24. The van der Waals surface area contributed by atoms with E-state index in [9.17, 15) is 0 Å². The minimum atomic E-state index is 0.400. The Labute approximate surface area is 128 Å². The van der Waals surface area contributed by atoms with E-state index in [1.807, 2.05) is 65.2 Å². The van der Waals surface area contributed by atoms with Crippen molar-refractivity contribution >= 4 is 12.2 Å². The molecule has 4 nitrogen and oxygen atoms in total. The van der Waals surface area contributed by atoms with Crippen molar-refractivity contribution in [2.45, 2.75) is 13.2 Å². The summed E-state index contributed by atoms with van der Waals surface area (Å²) in [5, 5.41) is 7.06. The van der Waals surface area contributed by atoms with E-state index in [0.29, 0.717) is 18.0 Å². The first-order valence-electron chi connectivity index (χ1n) is 6.68. The van der Waals surface area contributed by atoms with Gasteiger partial charge in [0.25, 0.3) is 0 Å². The van der Waals surface area contributed by atoms with Crippen LogP contribution in [0.2, 0.25) is 0 Å². The van der Waals surface area contributed by atoms with Gasteiger partial charge in [-0.2, -0.15) is 5.10 Å². The van der Waals surface area contributed by atoms with Crippen molar-refractivity contribution < 1.29 is 4.74 Å². The molecule has 3 aromatic rings. The lowest BCUT2D eigenvalue weighted by Gasteiger charge is -2.07. The number of nitrogens with zero attached hydrogens (tertiary/aromatic N) is 2. The molecular weight excluding hydrogens is 282 g/mol. The minimum absolute atomic E-state index is 0.400. The Balaban J connectivity index is 1.74. The molecule has 0 bridgehead atoms. The fourth-order valence-corrected chi connectivity index (χ4v) is 2.36. The monoisotopic (exact) mass is 297 g/mol. The third-order valence-electron chi connectivity index (χ3n) is 3.10. The summed E-state index contributed by atoms with van der Waals surface area (Å²) in [7, 11) is 0. The van der Waals surface area contributed by atoms with Gasteiger partial charge in [0.2, 0.25) is 0 Å². The maximum absolute atomic E-state index is 5.73. The second kappa shape index (κ2) is 6.47. The highest BCUT2D eigenvalue weighted by Gasteiger charge is 2.08. The van der Waals surface area contributed by atoms with Crippen LogP contribution in [0.25, 0.3) is 5.69 Å². The van der Waals surface area contributed by atoms with Gasteiger partial charge < -0.3 is 4.74 Å². The van der Waals surface area contributed by atoms with E-state index in [4.69, 9.17) is 17.0 Å². The van der Waals surface area contributed by atoms with Crippen LogP contribution in [-0.4, -0.2) is 14.8 Å². The topological polar surface area (TPSA) is 42.8 Å². The number of nitrogens with one attached hydrogen (secondary N) is 1. The van der Waals surface area contributed by atoms with Crippen molar-refractivity contribution in [3.63, 3.8) is 0 Å². The second-order valence-electron chi connectivity index (χ2n) is 4.59. The van der Waals surface area contributed by atoms with Crippen molar-refractivity contribution in [2.75, 3.05) is 0 Å². The number of benzene rings is 2. The maximum Gasteiger partial charge on any atom is 0.199 e. The van der Waals surface area contributed by atoms with Crippen LogP contribution in [0.15, 0.2) is 60.7 Å². The summed E-state index contributed by atoms with van der Waals surface area (Å²) in [6, 6.07) is 20.0. The highest BCUT2D eigenvalue weighted by Crippen LogP contribution is 2.12. The van der Waals surface area contributed by atoms with Gasteiger partial charge in [-0.15, -0.1) is 0 Å². The van der Waals surface area contributed by atoms with Gasteiger partial charge in [0.05, 0.1) is 6.61 Å². The van der Waals surface area contributed by atoms with Crippen LogP contribution in [0, 0.1) is 4.77 Å². The van der Waals surface area contributed by atoms with Gasteiger partial charge >= 0.3 is 0 Å². The van der Waals surface area contributed by atoms with Gasteiger partial charge in [0.1, 0.15) is 6.61 Å². The van der Waals surface area contributed by atoms with Crippen molar-refractivity contribution in [3.05, 3.63) is 76.8 Å². The number of ether oxygens (including phenoxy) is 1. The molecule has 0 radical (unpaired) electrons. The molecule has 0 saturated carbocycles. The molecule has 3 rings (SSSR count). The van der Waals surface area contributed by atoms with Gasteiger partial charge in [-0.1, -0.05) is 48.5 Å². The van der Waals surface area contributed by atoms with E-state index < -0.39 is 0 Å². The molecule has 106 valence electrons. The maximum atomic E-state index is 5.73. The lowest BCUT2D eigenvalue weighted by molar-refractivity contribution is 0.100. The van der Waals surface area contributed by atoms with E-state index >= 15 is 0 Å². The molecule has 0 unspecified atom stereocenters. The lowest BCUT2D eigenvalue weighted by atomic mass is 10.2. The summed E-state index contributed by atoms with van der Waals surface area (Å²) in [5.41, 5.74) is 2.12. The first kappa shape index (κ1) is 13.7. The summed E-state index contributed by atoms with van der Waals surface area (Å²) < 4.78 is 8.19. The van der Waals surface area contributed by atoms with Crippen molar-refractivity contribution in [2.24, 2.45) is 0 Å². The first-order valence-corrected chi connectivity index (χ1v) is 7.09. The highest BCUT2D eigenvalue weighted by molar-refractivity contribution is 7.71. The van der Waals surface area contributed by atoms with Crippen molar-refractivity contribution in [1.82, 2.24) is 14.8 Å². The lowest BCUT2D eigenvalue weighted by Crippen LogP contribution is -2.04. The predicted molar refractivity (Wildman–Crippen MR) is 83.7 cm³/mol. The average molecular weight is 297 g/mol. The van der Waals surface area contributed by atoms with E-state index in [2.05, 4.69) is 10.2 Å². The number of para-hydroxylation sites is 1. The summed E-state index contributed by atoms with van der Waals surface area (Å²) in [4.78, 5) is 0. The number of hydrogen-bond acceptors (Lipinski definition) is 3. The van der Waals surface area contributed by atoms with E-state index in [1.165, 1.54) is 0 Å². The van der Waals surface area contributed by atoms with Gasteiger partial charge in [-0.3, -0.25) is 9.67 Å². The molecular formula is C16H15N3OS. The van der Waals surface area contributed by atoms with Gasteiger partial charge in [0.15, 0.2) is 10.6 Å². The summed E-state index contributed by atoms with van der Waals surface area (Å²) in [6.45, 7) is 0.951. The normalized spacial score (nSPS) is 10.7. The highest BCUT2D eigenvalue weighted by atomic mass is 32.1. The molecule has 1 aromatic heterocycles. The molecule has 1 N–H and O–H groups in total. The fraction of sp³-hybridized carbons (Fsp3) is 0.125. The van der Waals surface area contributed by atoms with Gasteiger partial charge in [-0.05, 0) is 29.9 Å². The van der Waals surface area contributed by atoms with E-state index in [1.54, 1.807) is 0 Å². The quantitative estimate of drug-likeness (QED) is 0.731. The molecule has 0 aliphatic rings. The van der Waals surface area contributed by atoms with Crippen LogP contribution < -0.4 is 0 Å².